The van der Waals surface area contributed by atoms with E-state index in [4.69, 9.17) is 5.11 Å². The summed E-state index contributed by atoms with van der Waals surface area (Å²) in [4.78, 5) is 10.4. The number of carbonyl (C=O) groups is 1. The van der Waals surface area contributed by atoms with E-state index in [9.17, 15) is 4.79 Å². The average Bonchev–Trinajstić information content (AvgIpc) is 2.88. The van der Waals surface area contributed by atoms with Gasteiger partial charge in [-0.2, -0.15) is 5.10 Å². The van der Waals surface area contributed by atoms with Crippen molar-refractivity contribution < 1.29 is 9.90 Å². The van der Waals surface area contributed by atoms with E-state index in [-0.39, 0.29) is 6.42 Å². The smallest absolute Gasteiger partial charge is 0.303 e. The molecule has 5 nitrogen and oxygen atoms in total. The van der Waals surface area contributed by atoms with Crippen molar-refractivity contribution in [3.63, 3.8) is 0 Å². The average molecular weight is 259 g/mol. The van der Waals surface area contributed by atoms with Gasteiger partial charge in [0, 0.05) is 24.7 Å². The van der Waals surface area contributed by atoms with Gasteiger partial charge in [0.25, 0.3) is 0 Å². The Hall–Kier alpha value is -2.14. The zero-order chi connectivity index (χ0) is 13.5. The fourth-order valence-electron chi connectivity index (χ4n) is 1.77. The highest BCUT2D eigenvalue weighted by Crippen LogP contribution is 2.07. The van der Waals surface area contributed by atoms with Crippen LogP contribution in [-0.4, -0.2) is 27.4 Å². The first-order valence-electron chi connectivity index (χ1n) is 6.27. The lowest BCUT2D eigenvalue weighted by molar-refractivity contribution is -0.137. The predicted octanol–water partition coefficient (Wildman–Crippen LogP) is 1.83. The number of carboxylic acids is 1. The first-order valence-corrected chi connectivity index (χ1v) is 6.27. The molecule has 0 spiro atoms. The maximum absolute atomic E-state index is 10.4. The Kier molecular flexibility index (Phi) is 4.69. The first kappa shape index (κ1) is 13.3. The van der Waals surface area contributed by atoms with Crippen LogP contribution in [0, 0.1) is 0 Å². The number of hydrogen-bond acceptors (Lipinski definition) is 3. The molecule has 1 aromatic heterocycles. The van der Waals surface area contributed by atoms with E-state index in [1.54, 1.807) is 0 Å². The minimum Gasteiger partial charge on any atom is -0.481 e. The van der Waals surface area contributed by atoms with Gasteiger partial charge in [0.15, 0.2) is 0 Å². The predicted molar refractivity (Wildman–Crippen MR) is 72.1 cm³/mol. The molecule has 2 aromatic rings. The fourth-order valence-corrected chi connectivity index (χ4v) is 1.77. The molecule has 0 fully saturated rings. The molecule has 0 bridgehead atoms. The summed E-state index contributed by atoms with van der Waals surface area (Å²) in [7, 11) is 0. The molecule has 0 saturated carbocycles. The summed E-state index contributed by atoms with van der Waals surface area (Å²) in [5, 5.41) is 16.0. The van der Waals surface area contributed by atoms with Crippen molar-refractivity contribution >= 4 is 5.97 Å². The number of hydrogen-bond donors (Lipinski definition) is 2. The van der Waals surface area contributed by atoms with Crippen molar-refractivity contribution in [1.82, 2.24) is 15.1 Å². The molecular weight excluding hydrogens is 242 g/mol. The van der Waals surface area contributed by atoms with Gasteiger partial charge in [-0.25, -0.2) is 4.68 Å². The third kappa shape index (κ3) is 4.22. The summed E-state index contributed by atoms with van der Waals surface area (Å²) in [6.45, 7) is 1.40. The molecule has 2 N–H and O–H groups in total. The standard InChI is InChI=1S/C14H17N3O2/c18-14(19)7-4-8-15-9-12-10-16-17(11-12)13-5-2-1-3-6-13/h1-3,5-6,10-11,15H,4,7-9H2,(H,18,19). The molecule has 5 heteroatoms. The third-order valence-electron chi connectivity index (χ3n) is 2.73. The number of nitrogens with zero attached hydrogens (tertiary/aromatic N) is 2. The summed E-state index contributed by atoms with van der Waals surface area (Å²) in [6.07, 6.45) is 4.63. The van der Waals surface area contributed by atoms with E-state index in [1.807, 2.05) is 47.4 Å². The molecule has 0 saturated heterocycles. The first-order chi connectivity index (χ1) is 9.25. The Bertz CT molecular complexity index is 522. The maximum atomic E-state index is 10.4. The van der Waals surface area contributed by atoms with Gasteiger partial charge in [-0.1, -0.05) is 18.2 Å². The maximum Gasteiger partial charge on any atom is 0.303 e. The topological polar surface area (TPSA) is 67.2 Å². The Morgan fingerprint density at radius 2 is 2.11 bits per heavy atom. The lowest BCUT2D eigenvalue weighted by Crippen LogP contribution is -2.15. The Morgan fingerprint density at radius 3 is 2.84 bits per heavy atom. The molecule has 0 radical (unpaired) electrons. The minimum atomic E-state index is -0.751. The van der Waals surface area contributed by atoms with E-state index in [0.717, 1.165) is 11.3 Å². The van der Waals surface area contributed by atoms with Crippen LogP contribution in [0.2, 0.25) is 0 Å². The molecule has 0 atom stereocenters. The van der Waals surface area contributed by atoms with Crippen LogP contribution in [-0.2, 0) is 11.3 Å². The van der Waals surface area contributed by atoms with E-state index in [1.165, 1.54) is 0 Å². The second-order valence-electron chi connectivity index (χ2n) is 4.30. The lowest BCUT2D eigenvalue weighted by atomic mass is 10.3. The minimum absolute atomic E-state index is 0.205. The molecule has 0 aliphatic carbocycles. The van der Waals surface area contributed by atoms with Crippen LogP contribution in [0.15, 0.2) is 42.7 Å². The van der Waals surface area contributed by atoms with Crippen molar-refractivity contribution in [3.8, 4) is 5.69 Å². The number of carboxylic acid groups (broad SMARTS) is 1. The van der Waals surface area contributed by atoms with Crippen molar-refractivity contribution in [3.05, 3.63) is 48.3 Å². The summed E-state index contributed by atoms with van der Waals surface area (Å²) in [5.41, 5.74) is 2.11. The van der Waals surface area contributed by atoms with Crippen LogP contribution in [0.3, 0.4) is 0 Å². The molecule has 0 amide bonds. The molecule has 0 unspecified atom stereocenters. The number of aliphatic carboxylic acids is 1. The van der Waals surface area contributed by atoms with Gasteiger partial charge in [-0.15, -0.1) is 0 Å². The van der Waals surface area contributed by atoms with Gasteiger partial charge in [0.2, 0.25) is 0 Å². The van der Waals surface area contributed by atoms with Crippen molar-refractivity contribution in [2.45, 2.75) is 19.4 Å². The zero-order valence-corrected chi connectivity index (χ0v) is 10.6. The third-order valence-corrected chi connectivity index (χ3v) is 2.73. The van der Waals surface area contributed by atoms with E-state index in [2.05, 4.69) is 10.4 Å². The van der Waals surface area contributed by atoms with Crippen LogP contribution >= 0.6 is 0 Å². The number of rotatable bonds is 7. The van der Waals surface area contributed by atoms with Crippen molar-refractivity contribution in [2.24, 2.45) is 0 Å². The van der Waals surface area contributed by atoms with Gasteiger partial charge in [0.1, 0.15) is 0 Å². The Labute approximate surface area is 111 Å². The van der Waals surface area contributed by atoms with Gasteiger partial charge < -0.3 is 10.4 Å². The quantitative estimate of drug-likeness (QED) is 0.744. The highest BCUT2D eigenvalue weighted by Gasteiger charge is 2.00. The summed E-state index contributed by atoms with van der Waals surface area (Å²) < 4.78 is 1.83. The van der Waals surface area contributed by atoms with Crippen LogP contribution in [0.25, 0.3) is 5.69 Å². The fraction of sp³-hybridized carbons (Fsp3) is 0.286. The van der Waals surface area contributed by atoms with Crippen LogP contribution < -0.4 is 5.32 Å². The van der Waals surface area contributed by atoms with E-state index < -0.39 is 5.97 Å². The SMILES string of the molecule is O=C(O)CCCNCc1cnn(-c2ccccc2)c1. The molecular formula is C14H17N3O2. The number of nitrogens with one attached hydrogen (secondary N) is 1. The highest BCUT2D eigenvalue weighted by atomic mass is 16.4. The molecule has 0 aliphatic heterocycles. The molecule has 1 aromatic carbocycles. The summed E-state index contributed by atoms with van der Waals surface area (Å²) >= 11 is 0. The van der Waals surface area contributed by atoms with Gasteiger partial charge in [-0.05, 0) is 25.1 Å². The van der Waals surface area contributed by atoms with Gasteiger partial charge in [0.05, 0.1) is 11.9 Å². The molecule has 19 heavy (non-hydrogen) atoms. The van der Waals surface area contributed by atoms with Gasteiger partial charge >= 0.3 is 5.97 Å². The van der Waals surface area contributed by atoms with Crippen LogP contribution in [0.5, 0.6) is 0 Å². The van der Waals surface area contributed by atoms with Crippen molar-refractivity contribution in [1.29, 1.82) is 0 Å². The Morgan fingerprint density at radius 1 is 1.32 bits per heavy atom. The normalized spacial score (nSPS) is 10.5. The molecule has 0 aliphatic rings. The zero-order valence-electron chi connectivity index (χ0n) is 10.6. The van der Waals surface area contributed by atoms with E-state index >= 15 is 0 Å². The van der Waals surface area contributed by atoms with Gasteiger partial charge in [-0.3, -0.25) is 4.79 Å². The van der Waals surface area contributed by atoms with Crippen molar-refractivity contribution in [2.75, 3.05) is 6.54 Å². The number of aromatic nitrogens is 2. The van der Waals surface area contributed by atoms with Crippen LogP contribution in [0.1, 0.15) is 18.4 Å². The monoisotopic (exact) mass is 259 g/mol. The number of para-hydroxylation sites is 1. The summed E-state index contributed by atoms with van der Waals surface area (Å²) in [6, 6.07) is 9.91. The second kappa shape index (κ2) is 6.70. The molecule has 2 rings (SSSR count). The van der Waals surface area contributed by atoms with Crippen LogP contribution in [0.4, 0.5) is 0 Å². The lowest BCUT2D eigenvalue weighted by Gasteiger charge is -2.01. The Balaban J connectivity index is 1.80. The highest BCUT2D eigenvalue weighted by molar-refractivity contribution is 5.66. The largest absolute Gasteiger partial charge is 0.481 e. The molecule has 100 valence electrons. The van der Waals surface area contributed by atoms with E-state index in [0.29, 0.717) is 19.5 Å². The second-order valence-corrected chi connectivity index (χ2v) is 4.30. The summed E-state index contributed by atoms with van der Waals surface area (Å²) in [5.74, 6) is -0.751. The molecule has 1 heterocycles. The number of benzene rings is 1.